The van der Waals surface area contributed by atoms with Crippen molar-refractivity contribution >= 4 is 22.6 Å². The molecule has 0 saturated carbocycles. The summed E-state index contributed by atoms with van der Waals surface area (Å²) in [5.41, 5.74) is 7.36. The number of hydrogen-bond acceptors (Lipinski definition) is 3. The molecule has 15 heavy (non-hydrogen) atoms. The van der Waals surface area contributed by atoms with Gasteiger partial charge in [0.15, 0.2) is 0 Å². The first-order chi connectivity index (χ1) is 7.20. The Morgan fingerprint density at radius 3 is 3.00 bits per heavy atom. The Bertz CT molecular complexity index is 502. The Balaban J connectivity index is 2.41. The number of rotatable bonds is 2. The van der Waals surface area contributed by atoms with Gasteiger partial charge in [-0.05, 0) is 24.3 Å². The summed E-state index contributed by atoms with van der Waals surface area (Å²) in [5.74, 6) is -0.260. The van der Waals surface area contributed by atoms with Gasteiger partial charge >= 0.3 is 5.97 Å². The Labute approximate surface area is 87.2 Å². The molecular formula is C11H12N2O2. The summed E-state index contributed by atoms with van der Waals surface area (Å²) in [6.07, 6.45) is 1.85. The van der Waals surface area contributed by atoms with Gasteiger partial charge in [-0.25, -0.2) is 0 Å². The smallest absolute Gasteiger partial charge is 0.325 e. The number of methoxy groups -OCH3 is 1. The maximum absolute atomic E-state index is 11.1. The number of fused-ring (bicyclic) bond motifs is 1. The molecule has 1 aromatic carbocycles. The molecule has 4 nitrogen and oxygen atoms in total. The molecule has 0 aliphatic carbocycles. The summed E-state index contributed by atoms with van der Waals surface area (Å²) in [6.45, 7) is 0.226. The quantitative estimate of drug-likeness (QED) is 0.594. The number of carbonyl (C=O) groups excluding carboxylic acids is 1. The molecule has 1 heterocycles. The lowest BCUT2D eigenvalue weighted by molar-refractivity contribution is -0.141. The van der Waals surface area contributed by atoms with Crippen LogP contribution in [0.5, 0.6) is 0 Å². The molecule has 0 radical (unpaired) electrons. The van der Waals surface area contributed by atoms with E-state index in [-0.39, 0.29) is 12.5 Å². The normalized spacial score (nSPS) is 10.5. The third-order valence-corrected chi connectivity index (χ3v) is 2.32. The number of aromatic nitrogens is 1. The maximum Gasteiger partial charge on any atom is 0.325 e. The van der Waals surface area contributed by atoms with E-state index in [1.165, 1.54) is 7.11 Å². The maximum atomic E-state index is 11.1. The minimum Gasteiger partial charge on any atom is -0.468 e. The summed E-state index contributed by atoms with van der Waals surface area (Å²) in [7, 11) is 1.38. The van der Waals surface area contributed by atoms with Crippen LogP contribution in [0.4, 0.5) is 5.69 Å². The molecule has 2 N–H and O–H groups in total. The number of carbonyl (C=O) groups is 1. The largest absolute Gasteiger partial charge is 0.468 e. The lowest BCUT2D eigenvalue weighted by Gasteiger charge is -2.03. The van der Waals surface area contributed by atoms with Crippen LogP contribution in [-0.2, 0) is 16.1 Å². The molecule has 0 bridgehead atoms. The zero-order valence-electron chi connectivity index (χ0n) is 8.43. The predicted molar refractivity (Wildman–Crippen MR) is 58.4 cm³/mol. The van der Waals surface area contributed by atoms with E-state index in [2.05, 4.69) is 4.74 Å². The van der Waals surface area contributed by atoms with Crippen LogP contribution in [-0.4, -0.2) is 17.6 Å². The monoisotopic (exact) mass is 204 g/mol. The van der Waals surface area contributed by atoms with Crippen molar-refractivity contribution in [2.24, 2.45) is 0 Å². The van der Waals surface area contributed by atoms with Gasteiger partial charge in [-0.3, -0.25) is 4.79 Å². The van der Waals surface area contributed by atoms with Crippen LogP contribution >= 0.6 is 0 Å². The van der Waals surface area contributed by atoms with Crippen molar-refractivity contribution in [1.82, 2.24) is 4.57 Å². The molecule has 1 aromatic heterocycles. The van der Waals surface area contributed by atoms with E-state index in [1.807, 2.05) is 35.0 Å². The van der Waals surface area contributed by atoms with Crippen LogP contribution in [0.1, 0.15) is 0 Å². The van der Waals surface area contributed by atoms with Crippen LogP contribution in [0.3, 0.4) is 0 Å². The van der Waals surface area contributed by atoms with E-state index >= 15 is 0 Å². The third-order valence-electron chi connectivity index (χ3n) is 2.32. The lowest BCUT2D eigenvalue weighted by Crippen LogP contribution is -2.10. The number of anilines is 1. The highest BCUT2D eigenvalue weighted by Gasteiger charge is 2.05. The number of hydrogen-bond donors (Lipinski definition) is 1. The molecule has 2 aromatic rings. The average Bonchev–Trinajstić information content (AvgIpc) is 2.60. The molecule has 78 valence electrons. The number of esters is 1. The number of benzene rings is 1. The van der Waals surface area contributed by atoms with Crippen LogP contribution in [0.15, 0.2) is 30.5 Å². The standard InChI is InChI=1S/C11H12N2O2/c1-15-11(14)7-13-5-4-8-6-9(12)2-3-10(8)13/h2-6H,7,12H2,1H3. The molecule has 0 saturated heterocycles. The first kappa shape index (κ1) is 9.58. The summed E-state index contributed by atoms with van der Waals surface area (Å²) >= 11 is 0. The molecule has 0 amide bonds. The van der Waals surface area contributed by atoms with Gasteiger partial charge in [0.2, 0.25) is 0 Å². The zero-order valence-corrected chi connectivity index (χ0v) is 8.43. The zero-order chi connectivity index (χ0) is 10.8. The summed E-state index contributed by atoms with van der Waals surface area (Å²) in [4.78, 5) is 11.1. The van der Waals surface area contributed by atoms with Gasteiger partial charge in [-0.15, -0.1) is 0 Å². The van der Waals surface area contributed by atoms with E-state index in [1.54, 1.807) is 0 Å². The molecule has 0 fully saturated rings. The summed E-state index contributed by atoms with van der Waals surface area (Å²) in [5, 5.41) is 1.03. The van der Waals surface area contributed by atoms with Crippen molar-refractivity contribution in [3.63, 3.8) is 0 Å². The van der Waals surface area contributed by atoms with E-state index in [9.17, 15) is 4.79 Å². The number of nitrogens with two attached hydrogens (primary N) is 1. The molecule has 0 unspecified atom stereocenters. The van der Waals surface area contributed by atoms with Crippen molar-refractivity contribution < 1.29 is 9.53 Å². The van der Waals surface area contributed by atoms with E-state index in [0.717, 1.165) is 16.6 Å². The second kappa shape index (κ2) is 3.65. The Kier molecular flexibility index (Phi) is 2.33. The Morgan fingerprint density at radius 1 is 1.47 bits per heavy atom. The highest BCUT2D eigenvalue weighted by atomic mass is 16.5. The van der Waals surface area contributed by atoms with Crippen molar-refractivity contribution in [2.75, 3.05) is 12.8 Å². The fourth-order valence-corrected chi connectivity index (χ4v) is 1.56. The molecule has 0 atom stereocenters. The number of ether oxygens (including phenoxy) is 1. The summed E-state index contributed by atoms with van der Waals surface area (Å²) in [6, 6.07) is 7.52. The van der Waals surface area contributed by atoms with Crippen LogP contribution in [0, 0.1) is 0 Å². The first-order valence-electron chi connectivity index (χ1n) is 4.62. The topological polar surface area (TPSA) is 57.2 Å². The Hall–Kier alpha value is -1.97. The lowest BCUT2D eigenvalue weighted by atomic mass is 10.2. The van der Waals surface area contributed by atoms with Gasteiger partial charge in [-0.1, -0.05) is 0 Å². The second-order valence-corrected chi connectivity index (χ2v) is 3.34. The van der Waals surface area contributed by atoms with Gasteiger partial charge in [-0.2, -0.15) is 0 Å². The Morgan fingerprint density at radius 2 is 2.27 bits per heavy atom. The van der Waals surface area contributed by atoms with Crippen LogP contribution in [0.25, 0.3) is 10.9 Å². The highest BCUT2D eigenvalue weighted by Crippen LogP contribution is 2.18. The highest BCUT2D eigenvalue weighted by molar-refractivity contribution is 5.84. The molecule has 0 spiro atoms. The van der Waals surface area contributed by atoms with Gasteiger partial charge in [0.1, 0.15) is 6.54 Å². The fourth-order valence-electron chi connectivity index (χ4n) is 1.56. The minimum atomic E-state index is -0.260. The van der Waals surface area contributed by atoms with Gasteiger partial charge in [0.05, 0.1) is 7.11 Å². The van der Waals surface area contributed by atoms with Gasteiger partial charge in [0.25, 0.3) is 0 Å². The molecule has 4 heteroatoms. The van der Waals surface area contributed by atoms with Crippen molar-refractivity contribution in [3.8, 4) is 0 Å². The van der Waals surface area contributed by atoms with Gasteiger partial charge < -0.3 is 15.0 Å². The predicted octanol–water partition coefficient (Wildman–Crippen LogP) is 1.40. The van der Waals surface area contributed by atoms with Crippen molar-refractivity contribution in [2.45, 2.75) is 6.54 Å². The summed E-state index contributed by atoms with van der Waals surface area (Å²) < 4.78 is 6.45. The first-order valence-corrected chi connectivity index (χ1v) is 4.62. The molecule has 2 rings (SSSR count). The third kappa shape index (κ3) is 1.79. The van der Waals surface area contributed by atoms with E-state index < -0.39 is 0 Å². The number of nitrogens with zero attached hydrogens (tertiary/aromatic N) is 1. The average molecular weight is 204 g/mol. The molecule has 0 aliphatic rings. The number of nitrogen functional groups attached to an aromatic ring is 1. The molecular weight excluding hydrogens is 192 g/mol. The second-order valence-electron chi connectivity index (χ2n) is 3.34. The van der Waals surface area contributed by atoms with Crippen molar-refractivity contribution in [1.29, 1.82) is 0 Å². The van der Waals surface area contributed by atoms with Crippen LogP contribution in [0.2, 0.25) is 0 Å². The van der Waals surface area contributed by atoms with E-state index in [4.69, 9.17) is 5.73 Å². The van der Waals surface area contributed by atoms with Gasteiger partial charge in [0, 0.05) is 22.8 Å². The fraction of sp³-hybridized carbons (Fsp3) is 0.182. The van der Waals surface area contributed by atoms with Crippen LogP contribution < -0.4 is 5.73 Å². The molecule has 0 aliphatic heterocycles. The minimum absolute atomic E-state index is 0.226. The van der Waals surface area contributed by atoms with E-state index in [0.29, 0.717) is 0 Å². The van der Waals surface area contributed by atoms with Crippen molar-refractivity contribution in [3.05, 3.63) is 30.5 Å². The SMILES string of the molecule is COC(=O)Cn1ccc2cc(N)ccc21.